The molecule has 0 spiro atoms. The number of amides is 1. The maximum absolute atomic E-state index is 13.1. The minimum absolute atomic E-state index is 0.0447. The molecule has 134 valence electrons. The Bertz CT molecular complexity index is 729. The van der Waals surface area contributed by atoms with Gasteiger partial charge in [-0.15, -0.1) is 0 Å². The number of carbonyl (C=O) groups excluding carboxylic acids is 1. The molecular weight excluding hydrogens is 323 g/mol. The Morgan fingerprint density at radius 1 is 1.36 bits per heavy atom. The third kappa shape index (κ3) is 4.24. The summed E-state index contributed by atoms with van der Waals surface area (Å²) in [6.07, 6.45) is 3.03. The predicted octanol–water partition coefficient (Wildman–Crippen LogP) is 2.11. The molecule has 1 atom stereocenters. The third-order valence-corrected chi connectivity index (χ3v) is 4.48. The lowest BCUT2D eigenvalue weighted by atomic mass is 10.0. The van der Waals surface area contributed by atoms with Crippen LogP contribution >= 0.6 is 0 Å². The minimum Gasteiger partial charge on any atom is -0.395 e. The summed E-state index contributed by atoms with van der Waals surface area (Å²) >= 11 is 0. The molecule has 2 heterocycles. The zero-order chi connectivity index (χ0) is 17.8. The van der Waals surface area contributed by atoms with Gasteiger partial charge in [-0.2, -0.15) is 5.10 Å². The predicted molar refractivity (Wildman–Crippen MR) is 93.2 cm³/mol. The SMILES string of the molecule is Cc1cc(NC(=O)CN2CCCCC2CO)n(-c2ccc(F)cc2)n1. The van der Waals surface area contributed by atoms with Gasteiger partial charge in [0.2, 0.25) is 5.91 Å². The maximum Gasteiger partial charge on any atom is 0.239 e. The number of aryl methyl sites for hydroxylation is 1. The Labute approximate surface area is 146 Å². The number of halogens is 1. The summed E-state index contributed by atoms with van der Waals surface area (Å²) in [6.45, 7) is 2.95. The van der Waals surface area contributed by atoms with E-state index in [1.165, 1.54) is 12.1 Å². The van der Waals surface area contributed by atoms with Crippen LogP contribution in [0.3, 0.4) is 0 Å². The number of nitrogens with zero attached hydrogens (tertiary/aromatic N) is 3. The minimum atomic E-state index is -0.321. The largest absolute Gasteiger partial charge is 0.395 e. The number of aliphatic hydroxyl groups is 1. The van der Waals surface area contributed by atoms with Crippen molar-refractivity contribution in [3.63, 3.8) is 0 Å². The van der Waals surface area contributed by atoms with Crippen molar-refractivity contribution < 1.29 is 14.3 Å². The van der Waals surface area contributed by atoms with Gasteiger partial charge in [-0.25, -0.2) is 9.07 Å². The van der Waals surface area contributed by atoms with Gasteiger partial charge < -0.3 is 10.4 Å². The molecule has 1 saturated heterocycles. The first kappa shape index (κ1) is 17.6. The molecule has 1 unspecified atom stereocenters. The Kier molecular flexibility index (Phi) is 5.45. The Morgan fingerprint density at radius 2 is 2.12 bits per heavy atom. The van der Waals surface area contributed by atoms with E-state index in [0.717, 1.165) is 31.5 Å². The van der Waals surface area contributed by atoms with Crippen LogP contribution < -0.4 is 5.32 Å². The summed E-state index contributed by atoms with van der Waals surface area (Å²) in [6, 6.07) is 7.77. The molecule has 1 aliphatic heterocycles. The highest BCUT2D eigenvalue weighted by molar-refractivity contribution is 5.91. The summed E-state index contributed by atoms with van der Waals surface area (Å²) in [4.78, 5) is 14.5. The molecule has 2 N–H and O–H groups in total. The van der Waals surface area contributed by atoms with Crippen LogP contribution in [0.1, 0.15) is 25.0 Å². The van der Waals surface area contributed by atoms with E-state index in [4.69, 9.17) is 0 Å². The van der Waals surface area contributed by atoms with Crippen LogP contribution in [0.2, 0.25) is 0 Å². The lowest BCUT2D eigenvalue weighted by molar-refractivity contribution is -0.118. The van der Waals surface area contributed by atoms with Gasteiger partial charge in [0.1, 0.15) is 11.6 Å². The van der Waals surface area contributed by atoms with Gasteiger partial charge in [-0.1, -0.05) is 6.42 Å². The fourth-order valence-corrected chi connectivity index (χ4v) is 3.21. The molecule has 1 aliphatic rings. The van der Waals surface area contributed by atoms with Gasteiger partial charge in [-0.05, 0) is 50.6 Å². The number of carbonyl (C=O) groups is 1. The van der Waals surface area contributed by atoms with Gasteiger partial charge >= 0.3 is 0 Å². The summed E-state index contributed by atoms with van der Waals surface area (Å²) in [5, 5.41) is 16.7. The Balaban J connectivity index is 1.72. The number of aliphatic hydroxyl groups excluding tert-OH is 1. The Hall–Kier alpha value is -2.25. The number of hydrogen-bond donors (Lipinski definition) is 2. The van der Waals surface area contributed by atoms with E-state index in [1.807, 2.05) is 11.8 Å². The van der Waals surface area contributed by atoms with Crippen LogP contribution in [0.4, 0.5) is 10.2 Å². The smallest absolute Gasteiger partial charge is 0.239 e. The first-order chi connectivity index (χ1) is 12.1. The average molecular weight is 346 g/mol. The van der Waals surface area contributed by atoms with Gasteiger partial charge in [0, 0.05) is 12.1 Å². The van der Waals surface area contributed by atoms with Crippen LogP contribution in [-0.2, 0) is 4.79 Å². The van der Waals surface area contributed by atoms with Crippen molar-refractivity contribution in [2.45, 2.75) is 32.2 Å². The number of aromatic nitrogens is 2. The van der Waals surface area contributed by atoms with Crippen LogP contribution in [0.15, 0.2) is 30.3 Å². The van der Waals surface area contributed by atoms with E-state index < -0.39 is 0 Å². The molecule has 25 heavy (non-hydrogen) atoms. The lowest BCUT2D eigenvalue weighted by Crippen LogP contribution is -2.45. The molecule has 3 rings (SSSR count). The van der Waals surface area contributed by atoms with E-state index in [0.29, 0.717) is 11.5 Å². The zero-order valence-corrected chi connectivity index (χ0v) is 14.3. The van der Waals surface area contributed by atoms with Crippen LogP contribution in [0.25, 0.3) is 5.69 Å². The second kappa shape index (κ2) is 7.76. The van der Waals surface area contributed by atoms with Gasteiger partial charge in [0.15, 0.2) is 0 Å². The summed E-state index contributed by atoms with van der Waals surface area (Å²) in [5.74, 6) is 0.0774. The highest BCUT2D eigenvalue weighted by Gasteiger charge is 2.24. The molecule has 2 aromatic rings. The standard InChI is InChI=1S/C18H23FN4O2/c1-13-10-17(23(21-13)15-7-5-14(19)6-8-15)20-18(25)11-22-9-3-2-4-16(22)12-24/h5-8,10,16,24H,2-4,9,11-12H2,1H3,(H,20,25). The molecule has 7 heteroatoms. The molecule has 1 aromatic carbocycles. The molecule has 1 amide bonds. The lowest BCUT2D eigenvalue weighted by Gasteiger charge is -2.33. The summed E-state index contributed by atoms with van der Waals surface area (Å²) in [5.41, 5.74) is 1.43. The second-order valence-corrected chi connectivity index (χ2v) is 6.41. The molecule has 0 bridgehead atoms. The fourth-order valence-electron chi connectivity index (χ4n) is 3.21. The highest BCUT2D eigenvalue weighted by Crippen LogP contribution is 2.19. The van der Waals surface area contributed by atoms with Crippen molar-refractivity contribution >= 4 is 11.7 Å². The number of rotatable bonds is 5. The molecule has 0 aliphatic carbocycles. The first-order valence-corrected chi connectivity index (χ1v) is 8.54. The van der Waals surface area contributed by atoms with E-state index in [9.17, 15) is 14.3 Å². The molecule has 0 saturated carbocycles. The molecule has 6 nitrogen and oxygen atoms in total. The van der Waals surface area contributed by atoms with E-state index in [2.05, 4.69) is 10.4 Å². The first-order valence-electron chi connectivity index (χ1n) is 8.54. The average Bonchev–Trinajstić information content (AvgIpc) is 2.96. The van der Waals surface area contributed by atoms with Crippen LogP contribution in [-0.4, -0.2) is 51.4 Å². The summed E-state index contributed by atoms with van der Waals surface area (Å²) < 4.78 is 14.7. The van der Waals surface area contributed by atoms with Crippen molar-refractivity contribution in [3.8, 4) is 5.69 Å². The van der Waals surface area contributed by atoms with Crippen molar-refractivity contribution in [2.24, 2.45) is 0 Å². The van der Waals surface area contributed by atoms with Crippen molar-refractivity contribution in [1.82, 2.24) is 14.7 Å². The van der Waals surface area contributed by atoms with E-state index >= 15 is 0 Å². The number of hydrogen-bond acceptors (Lipinski definition) is 4. The molecule has 1 fully saturated rings. The topological polar surface area (TPSA) is 70.4 Å². The normalized spacial score (nSPS) is 18.3. The van der Waals surface area contributed by atoms with Crippen LogP contribution in [0.5, 0.6) is 0 Å². The summed E-state index contributed by atoms with van der Waals surface area (Å²) in [7, 11) is 0. The molecule has 1 aromatic heterocycles. The third-order valence-electron chi connectivity index (χ3n) is 4.48. The van der Waals surface area contributed by atoms with Crippen molar-refractivity contribution in [1.29, 1.82) is 0 Å². The highest BCUT2D eigenvalue weighted by atomic mass is 19.1. The fraction of sp³-hybridized carbons (Fsp3) is 0.444. The number of piperidine rings is 1. The van der Waals surface area contributed by atoms with E-state index in [-0.39, 0.29) is 30.9 Å². The van der Waals surface area contributed by atoms with Gasteiger partial charge in [0.05, 0.1) is 24.5 Å². The molecule has 0 radical (unpaired) electrons. The molecular formula is C18H23FN4O2. The van der Waals surface area contributed by atoms with Crippen molar-refractivity contribution in [2.75, 3.05) is 25.0 Å². The number of anilines is 1. The second-order valence-electron chi connectivity index (χ2n) is 6.41. The number of nitrogens with one attached hydrogen (secondary N) is 1. The Morgan fingerprint density at radius 3 is 2.84 bits per heavy atom. The quantitative estimate of drug-likeness (QED) is 0.870. The zero-order valence-electron chi connectivity index (χ0n) is 14.3. The number of likely N-dealkylation sites (tertiary alicyclic amines) is 1. The van der Waals surface area contributed by atoms with E-state index in [1.54, 1.807) is 22.9 Å². The maximum atomic E-state index is 13.1. The van der Waals surface area contributed by atoms with Crippen molar-refractivity contribution in [3.05, 3.63) is 41.8 Å². The monoisotopic (exact) mass is 346 g/mol. The van der Waals surface area contributed by atoms with Gasteiger partial charge in [0.25, 0.3) is 0 Å². The van der Waals surface area contributed by atoms with Crippen LogP contribution in [0, 0.1) is 12.7 Å². The van der Waals surface area contributed by atoms with Gasteiger partial charge in [-0.3, -0.25) is 9.69 Å². The number of benzene rings is 1.